The van der Waals surface area contributed by atoms with Crippen LogP contribution in [0, 0.1) is 3.57 Å². The second kappa shape index (κ2) is 10.5. The molecule has 8 heteroatoms. The van der Waals surface area contributed by atoms with Gasteiger partial charge in [0.2, 0.25) is 0 Å². The number of allylic oxidation sites excluding steroid dienone is 4. The lowest BCUT2D eigenvalue weighted by Gasteiger charge is -2.36. The van der Waals surface area contributed by atoms with E-state index in [0.717, 1.165) is 22.0 Å². The monoisotopic (exact) mass is 599 g/mol. The zero-order valence-electron chi connectivity index (χ0n) is 19.9. The molecule has 1 N–H and O–H groups in total. The van der Waals surface area contributed by atoms with E-state index in [1.807, 2.05) is 30.3 Å². The SMILES string of the molecule is COc1cc(C2C3=C(CCCC3=O)OC3=C2C(=O)CCC3)cc(I)c1OCC(=O)Nc1ccccc1. The summed E-state index contributed by atoms with van der Waals surface area (Å²) < 4.78 is 18.3. The van der Waals surface area contributed by atoms with Crippen LogP contribution in [-0.4, -0.2) is 31.2 Å². The number of ether oxygens (including phenoxy) is 3. The minimum absolute atomic E-state index is 0.0260. The highest BCUT2D eigenvalue weighted by Gasteiger charge is 2.42. The van der Waals surface area contributed by atoms with E-state index in [1.165, 1.54) is 7.11 Å². The van der Waals surface area contributed by atoms with Gasteiger partial charge >= 0.3 is 0 Å². The first-order valence-corrected chi connectivity index (χ1v) is 13.1. The molecule has 186 valence electrons. The number of anilines is 1. The molecule has 0 atom stereocenters. The molecule has 0 aromatic heterocycles. The average Bonchev–Trinajstić information content (AvgIpc) is 2.87. The summed E-state index contributed by atoms with van der Waals surface area (Å²) in [6, 6.07) is 12.9. The third kappa shape index (κ3) is 4.78. The molecule has 0 saturated carbocycles. The largest absolute Gasteiger partial charge is 0.493 e. The Morgan fingerprint density at radius 3 is 2.25 bits per heavy atom. The summed E-state index contributed by atoms with van der Waals surface area (Å²) in [7, 11) is 1.53. The summed E-state index contributed by atoms with van der Waals surface area (Å²) in [5.74, 6) is 1.53. The van der Waals surface area contributed by atoms with Crippen LogP contribution in [0.1, 0.15) is 50.0 Å². The van der Waals surface area contributed by atoms with Crippen molar-refractivity contribution in [2.45, 2.75) is 44.4 Å². The lowest BCUT2D eigenvalue weighted by atomic mass is 9.73. The van der Waals surface area contributed by atoms with Crippen LogP contribution in [0.3, 0.4) is 0 Å². The zero-order valence-corrected chi connectivity index (χ0v) is 22.1. The van der Waals surface area contributed by atoms with Crippen molar-refractivity contribution in [2.24, 2.45) is 0 Å². The molecule has 5 rings (SSSR count). The maximum absolute atomic E-state index is 13.1. The van der Waals surface area contributed by atoms with Gasteiger partial charge in [0.15, 0.2) is 29.7 Å². The Balaban J connectivity index is 1.47. The molecule has 0 bridgehead atoms. The summed E-state index contributed by atoms with van der Waals surface area (Å²) in [5, 5.41) is 2.80. The second-order valence-electron chi connectivity index (χ2n) is 9.00. The molecule has 2 aromatic rings. The highest BCUT2D eigenvalue weighted by molar-refractivity contribution is 14.1. The molecule has 1 heterocycles. The molecule has 2 aromatic carbocycles. The summed E-state index contributed by atoms with van der Waals surface area (Å²) >= 11 is 2.14. The highest BCUT2D eigenvalue weighted by atomic mass is 127. The van der Waals surface area contributed by atoms with E-state index in [1.54, 1.807) is 12.1 Å². The first-order chi connectivity index (χ1) is 17.5. The van der Waals surface area contributed by atoms with Gasteiger partial charge in [-0.1, -0.05) is 18.2 Å². The molecule has 0 radical (unpaired) electrons. The summed E-state index contributed by atoms with van der Waals surface area (Å²) in [6.07, 6.45) is 3.77. The predicted octanol–water partition coefficient (Wildman–Crippen LogP) is 5.45. The lowest BCUT2D eigenvalue weighted by Crippen LogP contribution is -2.30. The highest BCUT2D eigenvalue weighted by Crippen LogP contribution is 2.49. The van der Waals surface area contributed by atoms with Gasteiger partial charge in [-0.2, -0.15) is 0 Å². The van der Waals surface area contributed by atoms with Gasteiger partial charge in [0.1, 0.15) is 11.5 Å². The summed E-state index contributed by atoms with van der Waals surface area (Å²) in [6.45, 7) is -0.195. The van der Waals surface area contributed by atoms with Crippen LogP contribution in [0.5, 0.6) is 11.5 Å². The molecule has 0 spiro atoms. The number of hydrogen-bond acceptors (Lipinski definition) is 6. The number of ketones is 2. The van der Waals surface area contributed by atoms with Crippen LogP contribution in [0.2, 0.25) is 0 Å². The molecular formula is C28H26INO6. The number of para-hydroxylation sites is 1. The summed E-state index contributed by atoms with van der Waals surface area (Å²) in [4.78, 5) is 38.5. The fourth-order valence-electron chi connectivity index (χ4n) is 5.05. The van der Waals surface area contributed by atoms with Crippen LogP contribution in [0.25, 0.3) is 0 Å². The minimum Gasteiger partial charge on any atom is -0.493 e. The van der Waals surface area contributed by atoms with Gasteiger partial charge in [0, 0.05) is 48.4 Å². The number of carbonyl (C=O) groups is 3. The molecule has 1 amide bonds. The second-order valence-corrected chi connectivity index (χ2v) is 10.2. The Morgan fingerprint density at radius 2 is 1.64 bits per heavy atom. The first-order valence-electron chi connectivity index (χ1n) is 12.0. The fourth-order valence-corrected chi connectivity index (χ4v) is 5.83. The van der Waals surface area contributed by atoms with E-state index in [9.17, 15) is 14.4 Å². The van der Waals surface area contributed by atoms with E-state index >= 15 is 0 Å². The minimum atomic E-state index is -0.484. The van der Waals surface area contributed by atoms with Crippen molar-refractivity contribution in [1.82, 2.24) is 0 Å². The number of halogens is 1. The third-order valence-electron chi connectivity index (χ3n) is 6.63. The Hall–Kier alpha value is -3.14. The summed E-state index contributed by atoms with van der Waals surface area (Å²) in [5.41, 5.74) is 2.64. The number of nitrogens with one attached hydrogen (secondary N) is 1. The molecule has 7 nitrogen and oxygen atoms in total. The molecule has 36 heavy (non-hydrogen) atoms. The van der Waals surface area contributed by atoms with Gasteiger partial charge < -0.3 is 19.5 Å². The quantitative estimate of drug-likeness (QED) is 0.445. The van der Waals surface area contributed by atoms with Crippen LogP contribution in [-0.2, 0) is 19.1 Å². The van der Waals surface area contributed by atoms with Crippen molar-refractivity contribution < 1.29 is 28.6 Å². The van der Waals surface area contributed by atoms with E-state index in [0.29, 0.717) is 65.5 Å². The Kier molecular flexibility index (Phi) is 7.13. The average molecular weight is 599 g/mol. The number of amides is 1. The Labute approximate surface area is 223 Å². The van der Waals surface area contributed by atoms with Crippen molar-refractivity contribution in [2.75, 3.05) is 19.0 Å². The van der Waals surface area contributed by atoms with Gasteiger partial charge in [-0.05, 0) is 65.3 Å². The van der Waals surface area contributed by atoms with Crippen LogP contribution >= 0.6 is 22.6 Å². The first kappa shape index (κ1) is 24.5. The lowest BCUT2D eigenvalue weighted by molar-refractivity contribution is -0.119. The van der Waals surface area contributed by atoms with Crippen molar-refractivity contribution in [3.05, 3.63) is 74.3 Å². The van der Waals surface area contributed by atoms with Gasteiger partial charge in [0.05, 0.1) is 10.7 Å². The normalized spacial score (nSPS) is 17.8. The molecule has 0 fully saturated rings. The molecule has 2 aliphatic carbocycles. The van der Waals surface area contributed by atoms with E-state index in [-0.39, 0.29) is 24.1 Å². The number of rotatable bonds is 6. The molecule has 0 unspecified atom stereocenters. The maximum Gasteiger partial charge on any atom is 0.262 e. The van der Waals surface area contributed by atoms with Crippen molar-refractivity contribution in [3.8, 4) is 11.5 Å². The molecular weight excluding hydrogens is 573 g/mol. The van der Waals surface area contributed by atoms with Gasteiger partial charge in [-0.25, -0.2) is 0 Å². The van der Waals surface area contributed by atoms with Gasteiger partial charge in [0.25, 0.3) is 5.91 Å². The number of carbonyl (C=O) groups excluding carboxylic acids is 3. The van der Waals surface area contributed by atoms with Crippen molar-refractivity contribution in [1.29, 1.82) is 0 Å². The number of benzene rings is 2. The predicted molar refractivity (Wildman–Crippen MR) is 142 cm³/mol. The Bertz CT molecular complexity index is 1250. The van der Waals surface area contributed by atoms with Gasteiger partial charge in [-0.15, -0.1) is 0 Å². The number of hydrogen-bond donors (Lipinski definition) is 1. The maximum atomic E-state index is 13.1. The Morgan fingerprint density at radius 1 is 1.00 bits per heavy atom. The number of methoxy groups -OCH3 is 1. The fraction of sp³-hybridized carbons (Fsp3) is 0.321. The number of Topliss-reactive ketones (excluding diaryl/α,β-unsaturated/α-hetero) is 2. The molecule has 1 aliphatic heterocycles. The zero-order chi connectivity index (χ0) is 25.2. The van der Waals surface area contributed by atoms with Crippen LogP contribution < -0.4 is 14.8 Å². The molecule has 0 saturated heterocycles. The standard InChI is InChI=1S/C28H26INO6/c1-34-23-14-16(13-18(29)28(23)35-15-24(33)30-17-7-3-2-4-8-17)25-26-19(31)9-5-11-21(26)36-22-12-6-10-20(32)27(22)25/h2-4,7-8,13-14,25H,5-6,9-12,15H2,1H3,(H,30,33). The third-order valence-corrected chi connectivity index (χ3v) is 7.43. The van der Waals surface area contributed by atoms with E-state index in [2.05, 4.69) is 27.9 Å². The van der Waals surface area contributed by atoms with Crippen molar-refractivity contribution >= 4 is 45.8 Å². The van der Waals surface area contributed by atoms with Crippen molar-refractivity contribution in [3.63, 3.8) is 0 Å². The van der Waals surface area contributed by atoms with Crippen LogP contribution in [0.15, 0.2) is 65.1 Å². The topological polar surface area (TPSA) is 90.9 Å². The van der Waals surface area contributed by atoms with Gasteiger partial charge in [-0.3, -0.25) is 14.4 Å². The molecule has 3 aliphatic rings. The van der Waals surface area contributed by atoms with E-state index < -0.39 is 5.92 Å². The van der Waals surface area contributed by atoms with Crippen LogP contribution in [0.4, 0.5) is 5.69 Å². The smallest absolute Gasteiger partial charge is 0.262 e. The van der Waals surface area contributed by atoms with E-state index in [4.69, 9.17) is 14.2 Å².